The second-order valence-corrected chi connectivity index (χ2v) is 7.55. The van der Waals surface area contributed by atoms with E-state index >= 15 is 0 Å². The molecule has 1 saturated heterocycles. The van der Waals surface area contributed by atoms with E-state index in [-0.39, 0.29) is 10.8 Å². The lowest BCUT2D eigenvalue weighted by Gasteiger charge is -2.17. The number of nitrogens with one attached hydrogen (secondary N) is 1. The summed E-state index contributed by atoms with van der Waals surface area (Å²) >= 11 is 0. The normalized spacial score (nSPS) is 17.5. The van der Waals surface area contributed by atoms with Crippen LogP contribution in [0.5, 0.6) is 5.75 Å². The molecule has 8 heteroatoms. The minimum absolute atomic E-state index is 0.0639. The fourth-order valence-electron chi connectivity index (χ4n) is 2.80. The van der Waals surface area contributed by atoms with Crippen molar-refractivity contribution in [1.29, 1.82) is 0 Å². The topological polar surface area (TPSA) is 75.7 Å². The molecule has 1 aliphatic heterocycles. The number of carbonyl (C=O) groups excluding carboxylic acids is 1. The van der Waals surface area contributed by atoms with Gasteiger partial charge >= 0.3 is 0 Å². The Morgan fingerprint density at radius 3 is 2.42 bits per heavy atom. The number of rotatable bonds is 6. The molecule has 0 saturated carbocycles. The van der Waals surface area contributed by atoms with Crippen LogP contribution in [0.1, 0.15) is 13.3 Å². The van der Waals surface area contributed by atoms with E-state index in [4.69, 9.17) is 4.74 Å². The zero-order chi connectivity index (χ0) is 18.7. The summed E-state index contributed by atoms with van der Waals surface area (Å²) in [6.07, 6.45) is 0.340. The smallest absolute Gasteiger partial charge is 0.245 e. The number of hydrogen-bond acceptors (Lipinski definition) is 4. The van der Waals surface area contributed by atoms with Crippen LogP contribution in [0.15, 0.2) is 53.4 Å². The van der Waals surface area contributed by atoms with E-state index < -0.39 is 21.9 Å². The van der Waals surface area contributed by atoms with E-state index in [9.17, 15) is 17.6 Å². The predicted octanol–water partition coefficient (Wildman–Crippen LogP) is 2.31. The lowest BCUT2D eigenvalue weighted by Crippen LogP contribution is -2.41. The first-order chi connectivity index (χ1) is 12.4. The van der Waals surface area contributed by atoms with Gasteiger partial charge < -0.3 is 9.64 Å². The van der Waals surface area contributed by atoms with Gasteiger partial charge in [-0.3, -0.25) is 4.79 Å². The highest BCUT2D eigenvalue weighted by Gasteiger charge is 2.35. The van der Waals surface area contributed by atoms with Gasteiger partial charge in [0, 0.05) is 12.2 Å². The fraction of sp³-hybridized carbons (Fsp3) is 0.278. The number of sulfonamides is 1. The molecular formula is C18H19FN2O4S. The molecule has 3 rings (SSSR count). The highest BCUT2D eigenvalue weighted by atomic mass is 32.2. The molecule has 0 aliphatic carbocycles. The molecule has 6 nitrogen and oxygen atoms in total. The van der Waals surface area contributed by atoms with E-state index in [0.717, 1.165) is 0 Å². The molecule has 1 atom stereocenters. The van der Waals surface area contributed by atoms with E-state index in [2.05, 4.69) is 4.72 Å². The Balaban J connectivity index is 1.72. The summed E-state index contributed by atoms with van der Waals surface area (Å²) in [4.78, 5) is 14.0. The van der Waals surface area contributed by atoms with Crippen molar-refractivity contribution >= 4 is 21.6 Å². The minimum atomic E-state index is -3.83. The van der Waals surface area contributed by atoms with Crippen LogP contribution in [0.3, 0.4) is 0 Å². The monoisotopic (exact) mass is 378 g/mol. The van der Waals surface area contributed by atoms with Gasteiger partial charge in [-0.05, 0) is 61.9 Å². The molecule has 1 aliphatic rings. The molecule has 1 N–H and O–H groups in total. The molecule has 1 fully saturated rings. The summed E-state index contributed by atoms with van der Waals surface area (Å²) in [6, 6.07) is 10.7. The molecule has 0 bridgehead atoms. The van der Waals surface area contributed by atoms with Gasteiger partial charge in [-0.2, -0.15) is 4.72 Å². The molecule has 138 valence electrons. The van der Waals surface area contributed by atoms with Crippen molar-refractivity contribution in [2.45, 2.75) is 24.3 Å². The fourth-order valence-corrected chi connectivity index (χ4v) is 4.03. The van der Waals surface area contributed by atoms with Gasteiger partial charge in [-0.25, -0.2) is 12.8 Å². The van der Waals surface area contributed by atoms with Gasteiger partial charge in [0.05, 0.1) is 11.5 Å². The van der Waals surface area contributed by atoms with Gasteiger partial charge in [0.2, 0.25) is 15.9 Å². The second-order valence-electron chi connectivity index (χ2n) is 5.83. The van der Waals surface area contributed by atoms with Crippen molar-refractivity contribution in [2.24, 2.45) is 0 Å². The Labute approximate surface area is 151 Å². The number of benzene rings is 2. The highest BCUT2D eigenvalue weighted by molar-refractivity contribution is 7.89. The zero-order valence-electron chi connectivity index (χ0n) is 14.2. The maximum absolute atomic E-state index is 13.0. The number of anilines is 1. The third-order valence-corrected chi connectivity index (χ3v) is 5.57. The number of amides is 1. The number of ether oxygens (including phenoxy) is 1. The van der Waals surface area contributed by atoms with Crippen molar-refractivity contribution in [1.82, 2.24) is 4.72 Å². The molecular weight excluding hydrogens is 359 g/mol. The molecule has 1 amide bonds. The second kappa shape index (κ2) is 7.43. The molecule has 1 heterocycles. The summed E-state index contributed by atoms with van der Waals surface area (Å²) in [5.41, 5.74) is 0.541. The van der Waals surface area contributed by atoms with Gasteiger partial charge in [0.15, 0.2) is 0 Å². The molecule has 0 radical (unpaired) electrons. The number of halogens is 1. The summed E-state index contributed by atoms with van der Waals surface area (Å²) < 4.78 is 45.8. The Bertz CT molecular complexity index is 882. The highest BCUT2D eigenvalue weighted by Crippen LogP contribution is 2.23. The van der Waals surface area contributed by atoms with Crippen LogP contribution in [-0.4, -0.2) is 33.5 Å². The lowest BCUT2D eigenvalue weighted by molar-refractivity contribution is -0.118. The molecule has 2 aromatic rings. The van der Waals surface area contributed by atoms with Gasteiger partial charge in [0.1, 0.15) is 17.6 Å². The molecule has 0 aromatic heterocycles. The first-order valence-electron chi connectivity index (χ1n) is 8.23. The summed E-state index contributed by atoms with van der Waals surface area (Å²) in [7, 11) is -3.83. The van der Waals surface area contributed by atoms with Crippen molar-refractivity contribution in [3.05, 3.63) is 54.3 Å². The third kappa shape index (κ3) is 3.86. The maximum atomic E-state index is 13.0. The van der Waals surface area contributed by atoms with Gasteiger partial charge in [-0.1, -0.05) is 0 Å². The third-order valence-electron chi connectivity index (χ3n) is 4.09. The van der Waals surface area contributed by atoms with E-state index in [1.165, 1.54) is 41.3 Å². The van der Waals surface area contributed by atoms with Crippen molar-refractivity contribution < 1.29 is 22.3 Å². The van der Waals surface area contributed by atoms with Crippen molar-refractivity contribution in [3.8, 4) is 5.75 Å². The summed E-state index contributed by atoms with van der Waals surface area (Å²) in [5.74, 6) is -0.176. The Hall–Kier alpha value is -2.45. The first-order valence-corrected chi connectivity index (χ1v) is 9.71. The van der Waals surface area contributed by atoms with Crippen LogP contribution in [0.4, 0.5) is 10.1 Å². The standard InChI is InChI=1S/C18H19FN2O4S/c1-2-25-15-7-9-16(10-8-15)26(23,24)20-17-11-12-21(18(17)22)14-5-3-13(19)4-6-14/h3-10,17,20H,2,11-12H2,1H3/t17-/m1/s1. The zero-order valence-corrected chi connectivity index (χ0v) is 15.0. The average molecular weight is 378 g/mol. The minimum Gasteiger partial charge on any atom is -0.494 e. The summed E-state index contributed by atoms with van der Waals surface area (Å²) in [5, 5.41) is 0. The quantitative estimate of drug-likeness (QED) is 0.837. The molecule has 26 heavy (non-hydrogen) atoms. The Kier molecular flexibility index (Phi) is 5.24. The molecule has 2 aromatic carbocycles. The SMILES string of the molecule is CCOc1ccc(S(=O)(=O)N[C@@H]2CCN(c3ccc(F)cc3)C2=O)cc1. The van der Waals surface area contributed by atoms with Gasteiger partial charge in [-0.15, -0.1) is 0 Å². The van der Waals surface area contributed by atoms with E-state index in [1.54, 1.807) is 12.1 Å². The molecule has 0 spiro atoms. The molecule has 0 unspecified atom stereocenters. The van der Waals surface area contributed by atoms with Crippen molar-refractivity contribution in [2.75, 3.05) is 18.1 Å². The largest absolute Gasteiger partial charge is 0.494 e. The van der Waals surface area contributed by atoms with E-state index in [0.29, 0.717) is 31.0 Å². The number of hydrogen-bond donors (Lipinski definition) is 1. The number of carbonyl (C=O) groups is 1. The van der Waals surface area contributed by atoms with Crippen LogP contribution in [0, 0.1) is 5.82 Å². The van der Waals surface area contributed by atoms with Crippen LogP contribution in [0.2, 0.25) is 0 Å². The van der Waals surface area contributed by atoms with E-state index in [1.807, 2.05) is 6.92 Å². The van der Waals surface area contributed by atoms with Crippen LogP contribution < -0.4 is 14.4 Å². The first kappa shape index (κ1) is 18.3. The number of nitrogens with zero attached hydrogens (tertiary/aromatic N) is 1. The lowest BCUT2D eigenvalue weighted by atomic mass is 10.3. The Morgan fingerprint density at radius 2 is 1.81 bits per heavy atom. The van der Waals surface area contributed by atoms with Crippen LogP contribution in [0.25, 0.3) is 0 Å². The van der Waals surface area contributed by atoms with Crippen LogP contribution >= 0.6 is 0 Å². The summed E-state index contributed by atoms with van der Waals surface area (Å²) in [6.45, 7) is 2.69. The predicted molar refractivity (Wildman–Crippen MR) is 95.1 cm³/mol. The van der Waals surface area contributed by atoms with Crippen molar-refractivity contribution in [3.63, 3.8) is 0 Å². The maximum Gasteiger partial charge on any atom is 0.245 e. The van der Waals surface area contributed by atoms with Crippen LogP contribution in [-0.2, 0) is 14.8 Å². The average Bonchev–Trinajstić information content (AvgIpc) is 2.97. The van der Waals surface area contributed by atoms with Gasteiger partial charge in [0.25, 0.3) is 0 Å². The Morgan fingerprint density at radius 1 is 1.15 bits per heavy atom.